The van der Waals surface area contributed by atoms with Gasteiger partial charge in [-0.2, -0.15) is 0 Å². The summed E-state index contributed by atoms with van der Waals surface area (Å²) in [4.78, 5) is 40.4. The van der Waals surface area contributed by atoms with Crippen LogP contribution in [-0.4, -0.2) is 68.1 Å². The molecule has 3 heterocycles. The number of anilines is 1. The molecule has 1 N–H and O–H groups in total. The fraction of sp³-hybridized carbons (Fsp3) is 0.591. The number of likely N-dealkylation sites (tertiary alicyclic amines) is 1. The third kappa shape index (κ3) is 4.92. The van der Waals surface area contributed by atoms with Crippen molar-refractivity contribution in [2.75, 3.05) is 44.3 Å². The predicted octanol–water partition coefficient (Wildman–Crippen LogP) is 1.34. The fourth-order valence-corrected chi connectivity index (χ4v) is 4.22. The SMILES string of the molecule is O=C(NC[C@@H]1CCCO1)[C@H]1CC(=O)N(c2ccc(OCC(=O)N3CCCC3)cc2)C1. The lowest BCUT2D eigenvalue weighted by Crippen LogP contribution is -2.37. The van der Waals surface area contributed by atoms with E-state index in [4.69, 9.17) is 9.47 Å². The molecule has 1 aromatic carbocycles. The molecule has 8 nitrogen and oxygen atoms in total. The highest BCUT2D eigenvalue weighted by Crippen LogP contribution is 2.27. The molecule has 0 unspecified atom stereocenters. The summed E-state index contributed by atoms with van der Waals surface area (Å²) in [6.45, 7) is 3.26. The second kappa shape index (κ2) is 9.47. The first-order chi connectivity index (χ1) is 14.6. The quantitative estimate of drug-likeness (QED) is 0.726. The molecule has 0 saturated carbocycles. The van der Waals surface area contributed by atoms with Crippen LogP contribution in [0.1, 0.15) is 32.1 Å². The van der Waals surface area contributed by atoms with E-state index in [-0.39, 0.29) is 42.8 Å². The number of nitrogens with zero attached hydrogens (tertiary/aromatic N) is 2. The van der Waals surface area contributed by atoms with Crippen molar-refractivity contribution in [3.63, 3.8) is 0 Å². The van der Waals surface area contributed by atoms with E-state index >= 15 is 0 Å². The zero-order chi connectivity index (χ0) is 20.9. The molecule has 0 aromatic heterocycles. The highest BCUT2D eigenvalue weighted by Gasteiger charge is 2.35. The van der Waals surface area contributed by atoms with Gasteiger partial charge in [-0.3, -0.25) is 14.4 Å². The highest BCUT2D eigenvalue weighted by atomic mass is 16.5. The maximum atomic E-state index is 12.4. The van der Waals surface area contributed by atoms with Gasteiger partial charge in [0.05, 0.1) is 12.0 Å². The lowest BCUT2D eigenvalue weighted by molar-refractivity contribution is -0.132. The van der Waals surface area contributed by atoms with Crippen molar-refractivity contribution in [1.29, 1.82) is 0 Å². The van der Waals surface area contributed by atoms with Crippen molar-refractivity contribution in [3.05, 3.63) is 24.3 Å². The second-order valence-corrected chi connectivity index (χ2v) is 8.16. The molecular weight excluding hydrogens is 386 g/mol. The molecular formula is C22H29N3O5. The van der Waals surface area contributed by atoms with Crippen molar-refractivity contribution in [1.82, 2.24) is 10.2 Å². The first kappa shape index (κ1) is 20.7. The van der Waals surface area contributed by atoms with Gasteiger partial charge in [-0.05, 0) is 49.9 Å². The zero-order valence-corrected chi connectivity index (χ0v) is 17.2. The van der Waals surface area contributed by atoms with Crippen LogP contribution in [0.4, 0.5) is 5.69 Å². The van der Waals surface area contributed by atoms with E-state index < -0.39 is 0 Å². The van der Waals surface area contributed by atoms with E-state index in [9.17, 15) is 14.4 Å². The Bertz CT molecular complexity index is 769. The van der Waals surface area contributed by atoms with E-state index in [1.165, 1.54) is 0 Å². The molecule has 3 aliphatic heterocycles. The number of hydrogen-bond acceptors (Lipinski definition) is 5. The summed E-state index contributed by atoms with van der Waals surface area (Å²) >= 11 is 0. The van der Waals surface area contributed by atoms with Gasteiger partial charge in [0.15, 0.2) is 6.61 Å². The number of amides is 3. The van der Waals surface area contributed by atoms with Gasteiger partial charge in [0.25, 0.3) is 5.91 Å². The molecule has 3 amide bonds. The van der Waals surface area contributed by atoms with Gasteiger partial charge in [0.1, 0.15) is 5.75 Å². The number of carbonyl (C=O) groups is 3. The van der Waals surface area contributed by atoms with E-state index in [0.717, 1.165) is 51.1 Å². The van der Waals surface area contributed by atoms with Crippen LogP contribution in [0.3, 0.4) is 0 Å². The molecule has 3 fully saturated rings. The lowest BCUT2D eigenvalue weighted by atomic mass is 10.1. The maximum absolute atomic E-state index is 12.4. The fourth-order valence-electron chi connectivity index (χ4n) is 4.22. The average molecular weight is 415 g/mol. The molecule has 0 aliphatic carbocycles. The standard InChI is InChI=1S/C22H29N3O5/c26-20-12-16(22(28)23-13-19-4-3-11-29-19)14-25(20)17-5-7-18(8-6-17)30-15-21(27)24-9-1-2-10-24/h5-8,16,19H,1-4,9-15H2,(H,23,28)/t16-,19-/m0/s1. The van der Waals surface area contributed by atoms with Crippen LogP contribution in [-0.2, 0) is 19.1 Å². The molecule has 8 heteroatoms. The number of carbonyl (C=O) groups excluding carboxylic acids is 3. The molecule has 30 heavy (non-hydrogen) atoms. The molecule has 4 rings (SSSR count). The molecule has 1 aromatic rings. The van der Waals surface area contributed by atoms with E-state index in [2.05, 4.69) is 5.32 Å². The monoisotopic (exact) mass is 415 g/mol. The second-order valence-electron chi connectivity index (χ2n) is 8.16. The van der Waals surface area contributed by atoms with E-state index in [0.29, 0.717) is 18.8 Å². The minimum absolute atomic E-state index is 0.00292. The molecule has 0 radical (unpaired) electrons. The minimum Gasteiger partial charge on any atom is -0.484 e. The summed E-state index contributed by atoms with van der Waals surface area (Å²) in [6, 6.07) is 7.09. The van der Waals surface area contributed by atoms with Crippen LogP contribution in [0.5, 0.6) is 5.75 Å². The number of ether oxygens (including phenoxy) is 2. The Balaban J connectivity index is 1.26. The Labute approximate surface area is 176 Å². The molecule has 3 aliphatic rings. The Morgan fingerprint density at radius 3 is 2.60 bits per heavy atom. The molecule has 0 spiro atoms. The molecule has 3 saturated heterocycles. The number of nitrogens with one attached hydrogen (secondary N) is 1. The van der Waals surface area contributed by atoms with Crippen molar-refractivity contribution in [2.24, 2.45) is 5.92 Å². The first-order valence-electron chi connectivity index (χ1n) is 10.8. The molecule has 162 valence electrons. The third-order valence-electron chi connectivity index (χ3n) is 5.99. The predicted molar refractivity (Wildman–Crippen MR) is 110 cm³/mol. The maximum Gasteiger partial charge on any atom is 0.260 e. The normalized spacial score (nSPS) is 23.8. The molecule has 2 atom stereocenters. The summed E-state index contributed by atoms with van der Waals surface area (Å²) in [7, 11) is 0. The Hall–Kier alpha value is -2.61. The Kier molecular flexibility index (Phi) is 6.52. The van der Waals surface area contributed by atoms with Crippen molar-refractivity contribution in [3.8, 4) is 5.75 Å². The summed E-state index contributed by atoms with van der Waals surface area (Å²) in [6.07, 6.45) is 4.40. The summed E-state index contributed by atoms with van der Waals surface area (Å²) in [5, 5.41) is 2.92. The molecule has 0 bridgehead atoms. The lowest BCUT2D eigenvalue weighted by Gasteiger charge is -2.18. The van der Waals surface area contributed by atoms with E-state index in [1.54, 1.807) is 29.2 Å². The van der Waals surface area contributed by atoms with Gasteiger partial charge < -0.3 is 24.6 Å². The third-order valence-corrected chi connectivity index (χ3v) is 5.99. The zero-order valence-electron chi connectivity index (χ0n) is 17.2. The van der Waals surface area contributed by atoms with Crippen molar-refractivity contribution in [2.45, 2.75) is 38.2 Å². The first-order valence-corrected chi connectivity index (χ1v) is 10.8. The van der Waals surface area contributed by atoms with Crippen LogP contribution < -0.4 is 15.0 Å². The summed E-state index contributed by atoms with van der Waals surface area (Å²) in [5.74, 6) is 0.0757. The van der Waals surface area contributed by atoms with Gasteiger partial charge in [-0.1, -0.05) is 0 Å². The van der Waals surface area contributed by atoms with Crippen molar-refractivity contribution >= 4 is 23.4 Å². The van der Waals surface area contributed by atoms with Crippen LogP contribution in [0, 0.1) is 5.92 Å². The smallest absolute Gasteiger partial charge is 0.260 e. The minimum atomic E-state index is -0.354. The van der Waals surface area contributed by atoms with Gasteiger partial charge in [-0.25, -0.2) is 0 Å². The average Bonchev–Trinajstić information content (AvgIpc) is 3.52. The Morgan fingerprint density at radius 1 is 1.13 bits per heavy atom. The van der Waals surface area contributed by atoms with Gasteiger partial charge in [0.2, 0.25) is 11.8 Å². The van der Waals surface area contributed by atoms with Crippen LogP contribution in [0.25, 0.3) is 0 Å². The number of hydrogen-bond donors (Lipinski definition) is 1. The Morgan fingerprint density at radius 2 is 1.90 bits per heavy atom. The van der Waals surface area contributed by atoms with Gasteiger partial charge in [0, 0.05) is 44.9 Å². The van der Waals surface area contributed by atoms with Crippen LogP contribution in [0.15, 0.2) is 24.3 Å². The largest absolute Gasteiger partial charge is 0.484 e. The van der Waals surface area contributed by atoms with E-state index in [1.807, 2.05) is 4.90 Å². The van der Waals surface area contributed by atoms with Gasteiger partial charge >= 0.3 is 0 Å². The van der Waals surface area contributed by atoms with Gasteiger partial charge in [-0.15, -0.1) is 0 Å². The highest BCUT2D eigenvalue weighted by molar-refractivity contribution is 6.00. The topological polar surface area (TPSA) is 88.2 Å². The summed E-state index contributed by atoms with van der Waals surface area (Å²) < 4.78 is 11.1. The summed E-state index contributed by atoms with van der Waals surface area (Å²) in [5.41, 5.74) is 0.729. The van der Waals surface area contributed by atoms with Crippen molar-refractivity contribution < 1.29 is 23.9 Å². The van der Waals surface area contributed by atoms with Crippen LogP contribution >= 0.6 is 0 Å². The van der Waals surface area contributed by atoms with Crippen LogP contribution in [0.2, 0.25) is 0 Å². The number of benzene rings is 1. The number of rotatable bonds is 7.